The molecule has 170 valence electrons. The smallest absolute Gasteiger partial charge is 0.0771 e. The average molecular weight is 503 g/mol. The Bertz CT molecular complexity index is 662. The van der Waals surface area contributed by atoms with Gasteiger partial charge in [-0.15, -0.1) is 11.3 Å². The van der Waals surface area contributed by atoms with Crippen molar-refractivity contribution in [2.75, 3.05) is 13.7 Å². The zero-order valence-corrected chi connectivity index (χ0v) is 20.0. The fraction of sp³-hybridized carbons (Fsp3) is 0.652. The molecule has 0 radical (unpaired) electrons. The Morgan fingerprint density at radius 3 is 2.70 bits per heavy atom. The molecule has 0 bridgehead atoms. The van der Waals surface area contributed by atoms with Crippen molar-refractivity contribution >= 4 is 27.3 Å². The van der Waals surface area contributed by atoms with Crippen molar-refractivity contribution in [3.05, 3.63) is 45.1 Å². The van der Waals surface area contributed by atoms with Gasteiger partial charge >= 0.3 is 0 Å². The lowest BCUT2D eigenvalue weighted by molar-refractivity contribution is 0.0868. The molecule has 1 saturated carbocycles. The minimum atomic E-state index is -0.644. The van der Waals surface area contributed by atoms with Gasteiger partial charge in [0.25, 0.3) is 0 Å². The first-order valence-corrected chi connectivity index (χ1v) is 12.3. The molecule has 0 aromatic carbocycles. The molecule has 6 atom stereocenters. The van der Waals surface area contributed by atoms with E-state index < -0.39 is 18.3 Å². The lowest BCUT2D eigenvalue weighted by Crippen LogP contribution is -2.20. The Labute approximate surface area is 192 Å². The maximum atomic E-state index is 10.4. The number of thiophene rings is 1. The van der Waals surface area contributed by atoms with Crippen LogP contribution in [0.25, 0.3) is 0 Å². The molecule has 2 rings (SSSR count). The van der Waals surface area contributed by atoms with E-state index in [0.717, 1.165) is 29.5 Å². The summed E-state index contributed by atoms with van der Waals surface area (Å²) >= 11 is 5.22. The lowest BCUT2D eigenvalue weighted by Gasteiger charge is -2.20. The summed E-state index contributed by atoms with van der Waals surface area (Å²) in [6.07, 6.45) is 11.6. The highest BCUT2D eigenvalue weighted by Crippen LogP contribution is 2.36. The number of hydrogen-bond acceptors (Lipinski definition) is 6. The third kappa shape index (κ3) is 8.54. The van der Waals surface area contributed by atoms with Crippen LogP contribution in [-0.2, 0) is 11.2 Å². The van der Waals surface area contributed by atoms with Gasteiger partial charge in [0, 0.05) is 24.3 Å². The highest BCUT2D eigenvalue weighted by atomic mass is 79.9. The van der Waals surface area contributed by atoms with Crippen molar-refractivity contribution in [1.29, 1.82) is 0 Å². The van der Waals surface area contributed by atoms with Gasteiger partial charge in [-0.05, 0) is 72.5 Å². The summed E-state index contributed by atoms with van der Waals surface area (Å²) in [5, 5.41) is 39.0. The van der Waals surface area contributed by atoms with Gasteiger partial charge in [-0.1, -0.05) is 24.3 Å². The van der Waals surface area contributed by atoms with Crippen LogP contribution >= 0.6 is 27.3 Å². The van der Waals surface area contributed by atoms with Crippen LogP contribution in [0, 0.1) is 11.8 Å². The summed E-state index contributed by atoms with van der Waals surface area (Å²) < 4.78 is 6.73. The van der Waals surface area contributed by atoms with Crippen molar-refractivity contribution in [1.82, 2.24) is 0 Å². The van der Waals surface area contributed by atoms with E-state index in [1.807, 2.05) is 12.2 Å². The molecule has 1 aliphatic carbocycles. The lowest BCUT2D eigenvalue weighted by atomic mass is 9.89. The first kappa shape index (κ1) is 25.7. The van der Waals surface area contributed by atoms with Crippen LogP contribution in [0.15, 0.2) is 40.2 Å². The number of rotatable bonds is 13. The van der Waals surface area contributed by atoms with E-state index in [2.05, 4.69) is 40.2 Å². The van der Waals surface area contributed by atoms with E-state index in [9.17, 15) is 15.3 Å². The molecular weight excluding hydrogens is 468 g/mol. The third-order valence-electron chi connectivity index (χ3n) is 5.76. The second-order valence-corrected chi connectivity index (χ2v) is 10.5. The first-order valence-electron chi connectivity index (χ1n) is 10.7. The van der Waals surface area contributed by atoms with Gasteiger partial charge in [0.15, 0.2) is 0 Å². The summed E-state index contributed by atoms with van der Waals surface area (Å²) in [5.41, 5.74) is 0. The molecule has 1 fully saturated rings. The van der Waals surface area contributed by atoms with Crippen molar-refractivity contribution < 1.29 is 25.2 Å². The molecule has 1 aromatic heterocycles. The number of hydrogen-bond donors (Lipinski definition) is 4. The van der Waals surface area contributed by atoms with Gasteiger partial charge < -0.3 is 25.2 Å². The van der Waals surface area contributed by atoms with E-state index in [1.54, 1.807) is 18.4 Å². The molecule has 5 nitrogen and oxygen atoms in total. The molecule has 0 amide bonds. The second-order valence-electron chi connectivity index (χ2n) is 7.99. The quantitative estimate of drug-likeness (QED) is 0.243. The predicted octanol–water partition coefficient (Wildman–Crippen LogP) is 3.84. The first-order chi connectivity index (χ1) is 14.4. The number of aryl methyl sites for hydroxylation is 1. The average Bonchev–Trinajstić information content (AvgIpc) is 3.26. The van der Waals surface area contributed by atoms with Crippen LogP contribution in [0.4, 0.5) is 0 Å². The second kappa shape index (κ2) is 13.8. The Morgan fingerprint density at radius 2 is 2.03 bits per heavy atom. The van der Waals surface area contributed by atoms with Crippen molar-refractivity contribution in [2.24, 2.45) is 11.8 Å². The van der Waals surface area contributed by atoms with Crippen LogP contribution in [-0.4, -0.2) is 58.6 Å². The Balaban J connectivity index is 1.84. The number of allylic oxidation sites excluding steroid dienone is 2. The standard InChI is InChI=1S/C23H35BrO5S/c1-29-17(8-10-18-11-13-23(24)30-18)9-12-20-19(21(27)14-22(20)28)7-5-3-2-4-6-16(26)15-25/h3,5,9,11-13,16-17,19-22,25-28H,2,4,6-8,10,14-15H2,1H3/b5-3-,12-9+/t16?,17-,19+,20+,21-,22+/m0/s1. The maximum Gasteiger partial charge on any atom is 0.0771 e. The fourth-order valence-electron chi connectivity index (χ4n) is 3.96. The fourth-order valence-corrected chi connectivity index (χ4v) is 5.45. The molecule has 4 N–H and O–H groups in total. The van der Waals surface area contributed by atoms with Crippen LogP contribution in [0.2, 0.25) is 0 Å². The summed E-state index contributed by atoms with van der Waals surface area (Å²) in [6, 6.07) is 4.18. The minimum Gasteiger partial charge on any atom is -0.394 e. The topological polar surface area (TPSA) is 90.2 Å². The summed E-state index contributed by atoms with van der Waals surface area (Å²) in [5.74, 6) is -0.101. The highest BCUT2D eigenvalue weighted by molar-refractivity contribution is 9.11. The summed E-state index contributed by atoms with van der Waals surface area (Å²) in [7, 11) is 1.70. The van der Waals surface area contributed by atoms with E-state index in [-0.39, 0.29) is 24.5 Å². The van der Waals surface area contributed by atoms with Gasteiger partial charge in [0.2, 0.25) is 0 Å². The van der Waals surface area contributed by atoms with Crippen LogP contribution in [0.3, 0.4) is 0 Å². The monoisotopic (exact) mass is 502 g/mol. The summed E-state index contributed by atoms with van der Waals surface area (Å²) in [6.45, 7) is -0.197. The van der Waals surface area contributed by atoms with Crippen LogP contribution < -0.4 is 0 Å². The van der Waals surface area contributed by atoms with Gasteiger partial charge in [0.1, 0.15) is 0 Å². The predicted molar refractivity (Wildman–Crippen MR) is 125 cm³/mol. The molecule has 1 aromatic rings. The van der Waals surface area contributed by atoms with E-state index >= 15 is 0 Å². The van der Waals surface area contributed by atoms with E-state index in [4.69, 9.17) is 9.84 Å². The van der Waals surface area contributed by atoms with Crippen LogP contribution in [0.1, 0.15) is 43.4 Å². The molecule has 0 aliphatic heterocycles. The highest BCUT2D eigenvalue weighted by Gasteiger charge is 2.39. The SMILES string of the molecule is CO[C@H](/C=C/[C@@H]1[C@@H](C/C=C\CCCC(O)CO)[C@@H](O)C[C@H]1O)CCc1ccc(Br)s1. The molecule has 0 spiro atoms. The van der Waals surface area contributed by atoms with Gasteiger partial charge in [-0.2, -0.15) is 0 Å². The molecule has 7 heteroatoms. The number of halogens is 1. The Morgan fingerprint density at radius 1 is 1.23 bits per heavy atom. The number of ether oxygens (including phenoxy) is 1. The Kier molecular flexibility index (Phi) is 11.8. The van der Waals surface area contributed by atoms with Gasteiger partial charge in [-0.3, -0.25) is 0 Å². The van der Waals surface area contributed by atoms with Gasteiger partial charge in [0.05, 0.1) is 34.8 Å². The molecule has 0 saturated heterocycles. The molecule has 1 unspecified atom stereocenters. The third-order valence-corrected chi connectivity index (χ3v) is 7.45. The largest absolute Gasteiger partial charge is 0.394 e. The van der Waals surface area contributed by atoms with E-state index in [0.29, 0.717) is 19.3 Å². The zero-order chi connectivity index (χ0) is 21.9. The molecule has 1 aliphatic rings. The van der Waals surface area contributed by atoms with Crippen molar-refractivity contribution in [3.8, 4) is 0 Å². The molecule has 1 heterocycles. The summed E-state index contributed by atoms with van der Waals surface area (Å²) in [4.78, 5) is 1.31. The normalized spacial score (nSPS) is 26.7. The minimum absolute atomic E-state index is 0.0127. The number of methoxy groups -OCH3 is 1. The van der Waals surface area contributed by atoms with E-state index in [1.165, 1.54) is 4.88 Å². The van der Waals surface area contributed by atoms with Gasteiger partial charge in [-0.25, -0.2) is 0 Å². The number of aliphatic hydroxyl groups excluding tert-OH is 4. The van der Waals surface area contributed by atoms with Crippen molar-refractivity contribution in [3.63, 3.8) is 0 Å². The number of aliphatic hydroxyl groups is 4. The molecule has 30 heavy (non-hydrogen) atoms. The van der Waals surface area contributed by atoms with Crippen molar-refractivity contribution in [2.45, 2.75) is 69.4 Å². The molecular formula is C23H35BrO5S. The van der Waals surface area contributed by atoms with Crippen LogP contribution in [0.5, 0.6) is 0 Å². The maximum absolute atomic E-state index is 10.4. The zero-order valence-electron chi connectivity index (χ0n) is 17.6. The Hall–Kier alpha value is -0.540. The number of unbranched alkanes of at least 4 members (excludes halogenated alkanes) is 1.